The molecule has 21 heavy (non-hydrogen) atoms. The number of benzene rings is 1. The molecular formula is C15H23N3O2S. The predicted molar refractivity (Wildman–Crippen MR) is 88.1 cm³/mol. The highest BCUT2D eigenvalue weighted by molar-refractivity contribution is 7.99. The lowest BCUT2D eigenvalue weighted by Gasteiger charge is -2.26. The minimum atomic E-state index is -0.164. The second-order valence-electron chi connectivity index (χ2n) is 4.86. The van der Waals surface area contributed by atoms with Crippen LogP contribution in [0.4, 0.5) is 5.69 Å². The van der Waals surface area contributed by atoms with Gasteiger partial charge >= 0.3 is 0 Å². The lowest BCUT2D eigenvalue weighted by Crippen LogP contribution is -2.39. The van der Waals surface area contributed by atoms with E-state index in [2.05, 4.69) is 10.2 Å². The molecule has 3 N–H and O–H groups in total. The average Bonchev–Trinajstić information content (AvgIpc) is 2.48. The van der Waals surface area contributed by atoms with Crippen molar-refractivity contribution >= 4 is 23.4 Å². The summed E-state index contributed by atoms with van der Waals surface area (Å²) >= 11 is 1.98. The normalized spacial score (nSPS) is 15.7. The molecule has 0 aromatic heterocycles. The summed E-state index contributed by atoms with van der Waals surface area (Å²) in [7, 11) is 0. The number of ether oxygens (including phenoxy) is 1. The number of rotatable bonds is 6. The van der Waals surface area contributed by atoms with Crippen LogP contribution in [0.25, 0.3) is 0 Å². The summed E-state index contributed by atoms with van der Waals surface area (Å²) in [5.74, 6) is 2.73. The van der Waals surface area contributed by atoms with Crippen LogP contribution in [0.15, 0.2) is 18.2 Å². The lowest BCUT2D eigenvalue weighted by atomic mass is 10.1. The van der Waals surface area contributed by atoms with Gasteiger partial charge in [0, 0.05) is 43.4 Å². The number of hydrogen-bond acceptors (Lipinski definition) is 5. The molecule has 1 aliphatic rings. The van der Waals surface area contributed by atoms with E-state index >= 15 is 0 Å². The van der Waals surface area contributed by atoms with Crippen molar-refractivity contribution in [2.75, 3.05) is 50.0 Å². The van der Waals surface area contributed by atoms with E-state index in [0.717, 1.165) is 19.6 Å². The van der Waals surface area contributed by atoms with Gasteiger partial charge in [0.1, 0.15) is 11.3 Å². The highest BCUT2D eigenvalue weighted by Crippen LogP contribution is 2.24. The summed E-state index contributed by atoms with van der Waals surface area (Å²) in [6.45, 7) is 6.09. The molecule has 1 aromatic carbocycles. The Bertz CT molecular complexity index is 476. The number of carbonyl (C=O) groups excluding carboxylic acids is 1. The molecule has 116 valence electrons. The van der Waals surface area contributed by atoms with Gasteiger partial charge in [0.25, 0.3) is 5.91 Å². The highest BCUT2D eigenvalue weighted by Gasteiger charge is 2.16. The van der Waals surface area contributed by atoms with Crippen molar-refractivity contribution in [3.63, 3.8) is 0 Å². The molecule has 0 aliphatic carbocycles. The number of anilines is 1. The minimum absolute atomic E-state index is 0.164. The van der Waals surface area contributed by atoms with Gasteiger partial charge < -0.3 is 15.8 Å². The second-order valence-corrected chi connectivity index (χ2v) is 6.09. The lowest BCUT2D eigenvalue weighted by molar-refractivity contribution is 0.0946. The number of nitrogens with two attached hydrogens (primary N) is 1. The van der Waals surface area contributed by atoms with E-state index in [-0.39, 0.29) is 5.91 Å². The van der Waals surface area contributed by atoms with Crippen LogP contribution in [0.5, 0.6) is 5.75 Å². The second kappa shape index (κ2) is 8.14. The maximum atomic E-state index is 12.3. The van der Waals surface area contributed by atoms with Crippen molar-refractivity contribution in [2.45, 2.75) is 6.92 Å². The highest BCUT2D eigenvalue weighted by atomic mass is 32.2. The molecule has 1 saturated heterocycles. The molecular weight excluding hydrogens is 286 g/mol. The predicted octanol–water partition coefficient (Wildman–Crippen LogP) is 1.45. The minimum Gasteiger partial charge on any atom is -0.493 e. The molecule has 0 radical (unpaired) electrons. The number of amides is 1. The third-order valence-corrected chi connectivity index (χ3v) is 4.35. The van der Waals surface area contributed by atoms with Crippen molar-refractivity contribution in [2.24, 2.45) is 0 Å². The van der Waals surface area contributed by atoms with Gasteiger partial charge in [0.2, 0.25) is 0 Å². The number of nitrogens with zero attached hydrogens (tertiary/aromatic N) is 1. The molecule has 0 saturated carbocycles. The number of nitrogen functional groups attached to an aromatic ring is 1. The molecule has 0 spiro atoms. The summed E-state index contributed by atoms with van der Waals surface area (Å²) < 4.78 is 5.48. The standard InChI is InChI=1S/C15H23N3O2S/c1-2-20-13-5-3-4-12(16)14(13)15(19)17-6-7-18-8-10-21-11-9-18/h3-5H,2,6-11,16H2,1H3,(H,17,19). The fraction of sp³-hybridized carbons (Fsp3) is 0.533. The summed E-state index contributed by atoms with van der Waals surface area (Å²) in [5.41, 5.74) is 6.80. The van der Waals surface area contributed by atoms with Crippen molar-refractivity contribution < 1.29 is 9.53 Å². The van der Waals surface area contributed by atoms with E-state index in [1.54, 1.807) is 18.2 Å². The zero-order chi connectivity index (χ0) is 15.1. The van der Waals surface area contributed by atoms with E-state index in [1.165, 1.54) is 11.5 Å². The summed E-state index contributed by atoms with van der Waals surface area (Å²) in [5, 5.41) is 2.94. The molecule has 2 rings (SSSR count). The Balaban J connectivity index is 1.90. The third kappa shape index (κ3) is 4.54. The van der Waals surface area contributed by atoms with Crippen LogP contribution in [0.3, 0.4) is 0 Å². The van der Waals surface area contributed by atoms with Gasteiger partial charge in [-0.25, -0.2) is 0 Å². The van der Waals surface area contributed by atoms with E-state index in [4.69, 9.17) is 10.5 Å². The maximum absolute atomic E-state index is 12.3. The first-order valence-corrected chi connectivity index (χ1v) is 8.47. The SMILES string of the molecule is CCOc1cccc(N)c1C(=O)NCCN1CCSCC1. The first-order chi connectivity index (χ1) is 10.2. The largest absolute Gasteiger partial charge is 0.493 e. The van der Waals surface area contributed by atoms with Gasteiger partial charge in [-0.3, -0.25) is 9.69 Å². The first-order valence-electron chi connectivity index (χ1n) is 7.32. The van der Waals surface area contributed by atoms with Gasteiger partial charge in [-0.1, -0.05) is 6.07 Å². The van der Waals surface area contributed by atoms with Crippen LogP contribution >= 0.6 is 11.8 Å². The number of carbonyl (C=O) groups is 1. The summed E-state index contributed by atoms with van der Waals surface area (Å²) in [6.07, 6.45) is 0. The number of thioether (sulfide) groups is 1. The van der Waals surface area contributed by atoms with Gasteiger partial charge in [-0.2, -0.15) is 11.8 Å². The van der Waals surface area contributed by atoms with E-state index in [0.29, 0.717) is 30.2 Å². The van der Waals surface area contributed by atoms with E-state index in [9.17, 15) is 4.79 Å². The molecule has 0 unspecified atom stereocenters. The van der Waals surface area contributed by atoms with Gasteiger partial charge in [0.05, 0.1) is 6.61 Å². The molecule has 5 nitrogen and oxygen atoms in total. The Morgan fingerprint density at radius 1 is 1.43 bits per heavy atom. The molecule has 6 heteroatoms. The summed E-state index contributed by atoms with van der Waals surface area (Å²) in [6, 6.07) is 5.29. The Morgan fingerprint density at radius 2 is 2.19 bits per heavy atom. The van der Waals surface area contributed by atoms with E-state index in [1.807, 2.05) is 18.7 Å². The quantitative estimate of drug-likeness (QED) is 0.779. The average molecular weight is 309 g/mol. The zero-order valence-corrected chi connectivity index (χ0v) is 13.2. The van der Waals surface area contributed by atoms with Gasteiger partial charge in [-0.05, 0) is 19.1 Å². The Morgan fingerprint density at radius 3 is 2.90 bits per heavy atom. The van der Waals surface area contributed by atoms with Crippen molar-refractivity contribution in [3.8, 4) is 5.75 Å². The number of hydrogen-bond donors (Lipinski definition) is 2. The Labute approximate surface area is 130 Å². The van der Waals surface area contributed by atoms with Crippen molar-refractivity contribution in [1.29, 1.82) is 0 Å². The molecule has 1 aromatic rings. The van der Waals surface area contributed by atoms with Crippen molar-refractivity contribution in [1.82, 2.24) is 10.2 Å². The molecule has 1 amide bonds. The van der Waals surface area contributed by atoms with Crippen LogP contribution < -0.4 is 15.8 Å². The van der Waals surface area contributed by atoms with Crippen LogP contribution in [0.2, 0.25) is 0 Å². The monoisotopic (exact) mass is 309 g/mol. The molecule has 1 fully saturated rings. The maximum Gasteiger partial charge on any atom is 0.257 e. The Hall–Kier alpha value is -1.40. The smallest absolute Gasteiger partial charge is 0.257 e. The number of nitrogens with one attached hydrogen (secondary N) is 1. The first kappa shape index (κ1) is 16.0. The fourth-order valence-electron chi connectivity index (χ4n) is 2.31. The molecule has 1 aliphatic heterocycles. The Kier molecular flexibility index (Phi) is 6.20. The topological polar surface area (TPSA) is 67.6 Å². The fourth-order valence-corrected chi connectivity index (χ4v) is 3.29. The van der Waals surface area contributed by atoms with Crippen LogP contribution in [-0.4, -0.2) is 55.1 Å². The van der Waals surface area contributed by atoms with Crippen LogP contribution in [0.1, 0.15) is 17.3 Å². The summed E-state index contributed by atoms with van der Waals surface area (Å²) in [4.78, 5) is 14.7. The van der Waals surface area contributed by atoms with Gasteiger partial charge in [-0.15, -0.1) is 0 Å². The van der Waals surface area contributed by atoms with Crippen molar-refractivity contribution in [3.05, 3.63) is 23.8 Å². The third-order valence-electron chi connectivity index (χ3n) is 3.40. The van der Waals surface area contributed by atoms with Gasteiger partial charge in [0.15, 0.2) is 0 Å². The van der Waals surface area contributed by atoms with Crippen LogP contribution in [-0.2, 0) is 0 Å². The molecule has 0 bridgehead atoms. The molecule has 1 heterocycles. The van der Waals surface area contributed by atoms with E-state index < -0.39 is 0 Å². The zero-order valence-electron chi connectivity index (χ0n) is 12.4. The van der Waals surface area contributed by atoms with Crippen LogP contribution in [0, 0.1) is 0 Å². The molecule has 0 atom stereocenters.